The van der Waals surface area contributed by atoms with Crippen LogP contribution in [0.1, 0.15) is 18.4 Å². The molecule has 19 heavy (non-hydrogen) atoms. The van der Waals surface area contributed by atoms with Gasteiger partial charge in [0, 0.05) is 13.1 Å². The van der Waals surface area contributed by atoms with E-state index in [4.69, 9.17) is 15.2 Å². The predicted octanol–water partition coefficient (Wildman–Crippen LogP) is 1.24. The van der Waals surface area contributed by atoms with Crippen molar-refractivity contribution in [2.75, 3.05) is 39.1 Å². The molecule has 1 saturated heterocycles. The quantitative estimate of drug-likeness (QED) is 0.834. The van der Waals surface area contributed by atoms with Crippen molar-refractivity contribution >= 4 is 11.6 Å². The number of ether oxygens (including phenoxy) is 2. The maximum absolute atomic E-state index is 12.4. The van der Waals surface area contributed by atoms with Crippen molar-refractivity contribution in [2.45, 2.75) is 12.8 Å². The summed E-state index contributed by atoms with van der Waals surface area (Å²) >= 11 is 0. The molecule has 1 atom stereocenters. The van der Waals surface area contributed by atoms with Crippen LogP contribution < -0.4 is 10.5 Å². The monoisotopic (exact) mass is 264 g/mol. The third-order valence-corrected chi connectivity index (χ3v) is 3.45. The zero-order chi connectivity index (χ0) is 13.8. The van der Waals surface area contributed by atoms with Gasteiger partial charge in [-0.05, 0) is 24.6 Å². The number of amides is 1. The van der Waals surface area contributed by atoms with Crippen LogP contribution in [-0.4, -0.2) is 44.2 Å². The number of morpholine rings is 1. The maximum atomic E-state index is 12.4. The summed E-state index contributed by atoms with van der Waals surface area (Å²) in [4.78, 5) is 14.2. The number of nitrogens with zero attached hydrogens (tertiary/aromatic N) is 1. The molecule has 1 amide bonds. The van der Waals surface area contributed by atoms with Crippen LogP contribution in [0, 0.1) is 0 Å². The Balaban J connectivity index is 2.13. The van der Waals surface area contributed by atoms with Crippen molar-refractivity contribution < 1.29 is 14.3 Å². The Morgan fingerprint density at radius 2 is 2.11 bits per heavy atom. The molecule has 1 unspecified atom stereocenters. The molecule has 0 bridgehead atoms. The van der Waals surface area contributed by atoms with Crippen molar-refractivity contribution in [1.29, 1.82) is 0 Å². The van der Waals surface area contributed by atoms with Crippen LogP contribution in [0.2, 0.25) is 0 Å². The summed E-state index contributed by atoms with van der Waals surface area (Å²) in [6.45, 7) is 4.46. The summed E-state index contributed by atoms with van der Waals surface area (Å²) in [7, 11) is 1.57. The number of rotatable bonds is 3. The number of hydrogen-bond acceptors (Lipinski definition) is 4. The minimum absolute atomic E-state index is 0.120. The minimum atomic E-state index is -0.201. The predicted molar refractivity (Wildman–Crippen MR) is 73.2 cm³/mol. The molecule has 0 radical (unpaired) electrons. The second kappa shape index (κ2) is 5.93. The number of hydrogen-bond donors (Lipinski definition) is 1. The van der Waals surface area contributed by atoms with E-state index in [0.29, 0.717) is 37.7 Å². The average molecular weight is 264 g/mol. The van der Waals surface area contributed by atoms with Crippen LogP contribution in [0.4, 0.5) is 5.69 Å². The lowest BCUT2D eigenvalue weighted by Gasteiger charge is -2.29. The third kappa shape index (κ3) is 2.98. The molecule has 2 rings (SSSR count). The average Bonchev–Trinajstić information content (AvgIpc) is 2.47. The summed E-state index contributed by atoms with van der Waals surface area (Å²) in [5.41, 5.74) is 7.28. The molecular weight excluding hydrogens is 244 g/mol. The molecule has 0 aliphatic carbocycles. The highest BCUT2D eigenvalue weighted by molar-refractivity contribution is 5.83. The van der Waals surface area contributed by atoms with Crippen molar-refractivity contribution in [3.05, 3.63) is 23.8 Å². The van der Waals surface area contributed by atoms with Gasteiger partial charge in [0.2, 0.25) is 5.91 Å². The summed E-state index contributed by atoms with van der Waals surface area (Å²) in [5, 5.41) is 0. The van der Waals surface area contributed by atoms with E-state index < -0.39 is 0 Å². The lowest BCUT2D eigenvalue weighted by atomic mass is 9.98. The Kier molecular flexibility index (Phi) is 4.27. The van der Waals surface area contributed by atoms with Crippen LogP contribution in [0.5, 0.6) is 5.75 Å². The fourth-order valence-electron chi connectivity index (χ4n) is 2.20. The summed E-state index contributed by atoms with van der Waals surface area (Å²) in [6.07, 6.45) is 0. The van der Waals surface area contributed by atoms with Crippen molar-refractivity contribution in [2.24, 2.45) is 0 Å². The van der Waals surface area contributed by atoms with Crippen LogP contribution in [0.25, 0.3) is 0 Å². The Morgan fingerprint density at radius 1 is 1.42 bits per heavy atom. The van der Waals surface area contributed by atoms with Gasteiger partial charge in [-0.15, -0.1) is 0 Å². The van der Waals surface area contributed by atoms with Gasteiger partial charge < -0.3 is 20.1 Å². The maximum Gasteiger partial charge on any atom is 0.229 e. The van der Waals surface area contributed by atoms with E-state index in [0.717, 1.165) is 5.56 Å². The van der Waals surface area contributed by atoms with Crippen molar-refractivity contribution in [3.8, 4) is 5.75 Å². The number of anilines is 1. The molecule has 1 aliphatic heterocycles. The van der Waals surface area contributed by atoms with Crippen LogP contribution in [-0.2, 0) is 9.53 Å². The second-order valence-electron chi connectivity index (χ2n) is 4.66. The highest BCUT2D eigenvalue weighted by Gasteiger charge is 2.24. The van der Waals surface area contributed by atoms with Crippen molar-refractivity contribution in [1.82, 2.24) is 4.90 Å². The first-order valence-electron chi connectivity index (χ1n) is 6.43. The Hall–Kier alpha value is -1.75. The van der Waals surface area contributed by atoms with Gasteiger partial charge in [-0.3, -0.25) is 4.79 Å². The number of methoxy groups -OCH3 is 1. The van der Waals surface area contributed by atoms with Gasteiger partial charge in [0.25, 0.3) is 0 Å². The normalized spacial score (nSPS) is 17.1. The molecule has 2 N–H and O–H groups in total. The van der Waals surface area contributed by atoms with E-state index in [2.05, 4.69) is 0 Å². The number of nitrogens with two attached hydrogens (primary N) is 1. The van der Waals surface area contributed by atoms with E-state index in [1.165, 1.54) is 0 Å². The number of nitrogen functional groups attached to an aromatic ring is 1. The van der Waals surface area contributed by atoms with E-state index in [-0.39, 0.29) is 11.8 Å². The van der Waals surface area contributed by atoms with Crippen LogP contribution in [0.3, 0.4) is 0 Å². The molecule has 1 heterocycles. The molecule has 0 spiro atoms. The smallest absolute Gasteiger partial charge is 0.229 e. The molecule has 1 aliphatic rings. The SMILES string of the molecule is COc1cc(C(C)C(=O)N2CCOCC2)ccc1N. The molecule has 0 saturated carbocycles. The molecule has 1 aromatic rings. The van der Waals surface area contributed by atoms with Gasteiger partial charge in [0.15, 0.2) is 0 Å². The lowest BCUT2D eigenvalue weighted by Crippen LogP contribution is -2.42. The molecule has 0 aromatic heterocycles. The highest BCUT2D eigenvalue weighted by atomic mass is 16.5. The van der Waals surface area contributed by atoms with Crippen molar-refractivity contribution in [3.63, 3.8) is 0 Å². The number of benzene rings is 1. The zero-order valence-electron chi connectivity index (χ0n) is 11.4. The van der Waals surface area contributed by atoms with Crippen LogP contribution in [0.15, 0.2) is 18.2 Å². The molecule has 1 aromatic carbocycles. The second-order valence-corrected chi connectivity index (χ2v) is 4.66. The molecular formula is C14H20N2O3. The van der Waals surface area contributed by atoms with Gasteiger partial charge in [0.05, 0.1) is 31.9 Å². The third-order valence-electron chi connectivity index (χ3n) is 3.45. The summed E-state index contributed by atoms with van der Waals surface area (Å²) in [5.74, 6) is 0.529. The first-order valence-corrected chi connectivity index (χ1v) is 6.43. The summed E-state index contributed by atoms with van der Waals surface area (Å²) in [6, 6.07) is 5.48. The van der Waals surface area contributed by atoms with Gasteiger partial charge >= 0.3 is 0 Å². The van der Waals surface area contributed by atoms with E-state index in [1.54, 1.807) is 13.2 Å². The summed E-state index contributed by atoms with van der Waals surface area (Å²) < 4.78 is 10.4. The molecule has 104 valence electrons. The molecule has 1 fully saturated rings. The van der Waals surface area contributed by atoms with Gasteiger partial charge in [-0.2, -0.15) is 0 Å². The fraction of sp³-hybridized carbons (Fsp3) is 0.500. The first-order chi connectivity index (χ1) is 9.13. The number of carbonyl (C=O) groups excluding carboxylic acids is 1. The lowest BCUT2D eigenvalue weighted by molar-refractivity contribution is -0.136. The minimum Gasteiger partial charge on any atom is -0.495 e. The van der Waals surface area contributed by atoms with Gasteiger partial charge in [-0.1, -0.05) is 6.07 Å². The molecule has 5 heteroatoms. The zero-order valence-corrected chi connectivity index (χ0v) is 11.4. The van der Waals surface area contributed by atoms with E-state index in [1.807, 2.05) is 24.0 Å². The largest absolute Gasteiger partial charge is 0.495 e. The Bertz CT molecular complexity index is 456. The van der Waals surface area contributed by atoms with E-state index >= 15 is 0 Å². The van der Waals surface area contributed by atoms with E-state index in [9.17, 15) is 4.79 Å². The van der Waals surface area contributed by atoms with Gasteiger partial charge in [0.1, 0.15) is 5.75 Å². The Morgan fingerprint density at radius 3 is 2.74 bits per heavy atom. The first kappa shape index (κ1) is 13.7. The van der Waals surface area contributed by atoms with Crippen LogP contribution >= 0.6 is 0 Å². The van der Waals surface area contributed by atoms with Gasteiger partial charge in [-0.25, -0.2) is 0 Å². The highest BCUT2D eigenvalue weighted by Crippen LogP contribution is 2.27. The topological polar surface area (TPSA) is 64.8 Å². The number of carbonyl (C=O) groups is 1. The standard InChI is InChI=1S/C14H20N2O3/c1-10(14(17)16-5-7-19-8-6-16)11-3-4-12(15)13(9-11)18-2/h3-4,9-10H,5-8,15H2,1-2H3. The fourth-order valence-corrected chi connectivity index (χ4v) is 2.20. The Labute approximate surface area is 113 Å². The molecule has 5 nitrogen and oxygen atoms in total.